The second-order valence-corrected chi connectivity index (χ2v) is 6.18. The van der Waals surface area contributed by atoms with Crippen LogP contribution in [-0.4, -0.2) is 29.0 Å². The summed E-state index contributed by atoms with van der Waals surface area (Å²) in [6.45, 7) is 3.36. The van der Waals surface area contributed by atoms with Crippen LogP contribution in [-0.2, 0) is 19.1 Å². The molecule has 1 aromatic carbocycles. The molecular weight excluding hydrogens is 357 g/mol. The molecule has 9 heteroatoms. The standard InChI is InChI=1S/C18H18FN3O5/c1-3-14(17(24)21-15-6-9(2)27-22-15)26-18(25)12-8-16(23)20-13-7-10(19)4-5-11(12)13/h4-7,12,14H,3,8H2,1-2H3,(H,20,23)(H,21,22,24)/t12-,14+/m0/s1. The van der Waals surface area contributed by atoms with E-state index in [1.807, 2.05) is 0 Å². The molecular formula is C18H18FN3O5. The molecule has 2 heterocycles. The van der Waals surface area contributed by atoms with Gasteiger partial charge in [0.25, 0.3) is 5.91 Å². The molecule has 1 aromatic heterocycles. The molecule has 0 spiro atoms. The SMILES string of the molecule is CC[C@@H](OC(=O)[C@H]1CC(=O)Nc2cc(F)ccc21)C(=O)Nc1cc(C)on1. The number of aryl methyl sites for hydroxylation is 1. The van der Waals surface area contributed by atoms with E-state index in [0.29, 0.717) is 11.3 Å². The number of hydrogen-bond acceptors (Lipinski definition) is 6. The molecule has 2 amide bonds. The number of carbonyl (C=O) groups excluding carboxylic acids is 3. The quantitative estimate of drug-likeness (QED) is 0.777. The van der Waals surface area contributed by atoms with Crippen LogP contribution < -0.4 is 10.6 Å². The van der Waals surface area contributed by atoms with Crippen molar-refractivity contribution in [1.29, 1.82) is 0 Å². The van der Waals surface area contributed by atoms with Gasteiger partial charge in [0.1, 0.15) is 11.6 Å². The summed E-state index contributed by atoms with van der Waals surface area (Å²) in [4.78, 5) is 36.8. The number of fused-ring (bicyclic) bond motifs is 1. The third kappa shape index (κ3) is 4.13. The Morgan fingerprint density at radius 2 is 2.22 bits per heavy atom. The highest BCUT2D eigenvalue weighted by Crippen LogP contribution is 2.34. The summed E-state index contributed by atoms with van der Waals surface area (Å²) in [5.74, 6) is -2.42. The second kappa shape index (κ2) is 7.56. The van der Waals surface area contributed by atoms with E-state index in [4.69, 9.17) is 9.26 Å². The normalized spacial score (nSPS) is 16.9. The minimum Gasteiger partial charge on any atom is -0.452 e. The van der Waals surface area contributed by atoms with E-state index in [1.54, 1.807) is 13.8 Å². The van der Waals surface area contributed by atoms with Gasteiger partial charge >= 0.3 is 5.97 Å². The van der Waals surface area contributed by atoms with Crippen molar-refractivity contribution < 1.29 is 28.0 Å². The van der Waals surface area contributed by atoms with Crippen molar-refractivity contribution in [2.24, 2.45) is 0 Å². The molecule has 27 heavy (non-hydrogen) atoms. The van der Waals surface area contributed by atoms with Gasteiger partial charge in [0, 0.05) is 18.2 Å². The lowest BCUT2D eigenvalue weighted by molar-refractivity contribution is -0.156. The van der Waals surface area contributed by atoms with E-state index in [1.165, 1.54) is 18.2 Å². The summed E-state index contributed by atoms with van der Waals surface area (Å²) in [6.07, 6.45) is -0.981. The van der Waals surface area contributed by atoms with E-state index in [2.05, 4.69) is 15.8 Å². The van der Waals surface area contributed by atoms with Gasteiger partial charge in [0.15, 0.2) is 11.9 Å². The Morgan fingerprint density at radius 1 is 1.44 bits per heavy atom. The molecule has 2 atom stereocenters. The summed E-state index contributed by atoms with van der Waals surface area (Å²) in [6, 6.07) is 5.30. The van der Waals surface area contributed by atoms with Crippen molar-refractivity contribution in [2.75, 3.05) is 10.6 Å². The number of anilines is 2. The first-order valence-corrected chi connectivity index (χ1v) is 8.41. The third-order valence-corrected chi connectivity index (χ3v) is 4.14. The summed E-state index contributed by atoms with van der Waals surface area (Å²) >= 11 is 0. The average Bonchev–Trinajstić information content (AvgIpc) is 3.02. The topological polar surface area (TPSA) is 111 Å². The van der Waals surface area contributed by atoms with E-state index in [-0.39, 0.29) is 24.3 Å². The minimum absolute atomic E-state index is 0.141. The van der Waals surface area contributed by atoms with Gasteiger partial charge in [-0.15, -0.1) is 0 Å². The Labute approximate surface area is 154 Å². The van der Waals surface area contributed by atoms with Gasteiger partial charge < -0.3 is 19.9 Å². The highest BCUT2D eigenvalue weighted by atomic mass is 19.1. The molecule has 0 unspecified atom stereocenters. The van der Waals surface area contributed by atoms with Crippen LogP contribution in [0.4, 0.5) is 15.9 Å². The van der Waals surface area contributed by atoms with Gasteiger partial charge in [-0.25, -0.2) is 4.39 Å². The lowest BCUT2D eigenvalue weighted by atomic mass is 9.90. The molecule has 1 aliphatic heterocycles. The zero-order valence-electron chi connectivity index (χ0n) is 14.7. The minimum atomic E-state index is -1.07. The van der Waals surface area contributed by atoms with Crippen LogP contribution in [0.15, 0.2) is 28.8 Å². The molecule has 0 aliphatic carbocycles. The number of hydrogen-bond donors (Lipinski definition) is 2. The van der Waals surface area contributed by atoms with Gasteiger partial charge in [0.05, 0.1) is 5.92 Å². The summed E-state index contributed by atoms with van der Waals surface area (Å²) in [5.41, 5.74) is 0.673. The average molecular weight is 375 g/mol. The molecule has 1 aliphatic rings. The van der Waals surface area contributed by atoms with Crippen LogP contribution >= 0.6 is 0 Å². The maximum absolute atomic E-state index is 13.4. The Balaban J connectivity index is 1.73. The highest BCUT2D eigenvalue weighted by molar-refractivity contribution is 6.01. The first-order valence-electron chi connectivity index (χ1n) is 8.41. The van der Waals surface area contributed by atoms with Crippen LogP contribution in [0.5, 0.6) is 0 Å². The van der Waals surface area contributed by atoms with Crippen LogP contribution in [0.2, 0.25) is 0 Å². The van der Waals surface area contributed by atoms with Crippen LogP contribution in [0.3, 0.4) is 0 Å². The number of halogens is 1. The molecule has 0 saturated carbocycles. The third-order valence-electron chi connectivity index (χ3n) is 4.14. The van der Waals surface area contributed by atoms with E-state index in [0.717, 1.165) is 6.07 Å². The van der Waals surface area contributed by atoms with Crippen LogP contribution in [0, 0.1) is 12.7 Å². The van der Waals surface area contributed by atoms with E-state index < -0.39 is 35.6 Å². The zero-order valence-corrected chi connectivity index (χ0v) is 14.7. The molecule has 0 fully saturated rings. The molecule has 2 aromatic rings. The number of amides is 2. The van der Waals surface area contributed by atoms with Crippen molar-refractivity contribution in [3.05, 3.63) is 41.4 Å². The molecule has 2 N–H and O–H groups in total. The largest absolute Gasteiger partial charge is 0.452 e. The van der Waals surface area contributed by atoms with Crippen molar-refractivity contribution in [3.63, 3.8) is 0 Å². The number of benzene rings is 1. The molecule has 8 nitrogen and oxygen atoms in total. The highest BCUT2D eigenvalue weighted by Gasteiger charge is 2.34. The summed E-state index contributed by atoms with van der Waals surface area (Å²) in [5, 5.41) is 8.69. The van der Waals surface area contributed by atoms with Gasteiger partial charge in [-0.2, -0.15) is 0 Å². The number of nitrogens with one attached hydrogen (secondary N) is 2. The molecule has 0 bridgehead atoms. The van der Waals surface area contributed by atoms with Crippen LogP contribution in [0.25, 0.3) is 0 Å². The monoisotopic (exact) mass is 375 g/mol. The lowest BCUT2D eigenvalue weighted by Gasteiger charge is -2.25. The predicted octanol–water partition coefficient (Wildman–Crippen LogP) is 2.51. The van der Waals surface area contributed by atoms with E-state index >= 15 is 0 Å². The number of ether oxygens (including phenoxy) is 1. The van der Waals surface area contributed by atoms with Gasteiger partial charge in [-0.05, 0) is 31.0 Å². The number of nitrogens with zero attached hydrogens (tertiary/aromatic N) is 1. The smallest absolute Gasteiger partial charge is 0.314 e. The van der Waals surface area contributed by atoms with Gasteiger partial charge in [-0.1, -0.05) is 18.1 Å². The molecule has 3 rings (SSSR count). The first kappa shape index (κ1) is 18.6. The number of carbonyl (C=O) groups is 3. The summed E-state index contributed by atoms with van der Waals surface area (Å²) in [7, 11) is 0. The van der Waals surface area contributed by atoms with Crippen molar-refractivity contribution in [3.8, 4) is 0 Å². The second-order valence-electron chi connectivity index (χ2n) is 6.18. The van der Waals surface area contributed by atoms with Crippen molar-refractivity contribution >= 4 is 29.3 Å². The maximum Gasteiger partial charge on any atom is 0.314 e. The molecule has 0 radical (unpaired) electrons. The Bertz CT molecular complexity index is 895. The van der Waals surface area contributed by atoms with Crippen LogP contribution in [0.1, 0.15) is 37.0 Å². The van der Waals surface area contributed by atoms with E-state index in [9.17, 15) is 18.8 Å². The zero-order chi connectivity index (χ0) is 19.6. The Kier molecular flexibility index (Phi) is 5.20. The van der Waals surface area contributed by atoms with Gasteiger partial charge in [-0.3, -0.25) is 14.4 Å². The van der Waals surface area contributed by atoms with Crippen molar-refractivity contribution in [1.82, 2.24) is 5.16 Å². The summed E-state index contributed by atoms with van der Waals surface area (Å²) < 4.78 is 23.6. The molecule has 0 saturated heterocycles. The first-order chi connectivity index (χ1) is 12.9. The number of aromatic nitrogens is 1. The fourth-order valence-corrected chi connectivity index (χ4v) is 2.82. The Morgan fingerprint density at radius 3 is 2.89 bits per heavy atom. The maximum atomic E-state index is 13.4. The fraction of sp³-hybridized carbons (Fsp3) is 0.333. The predicted molar refractivity (Wildman–Crippen MR) is 92.4 cm³/mol. The lowest BCUT2D eigenvalue weighted by Crippen LogP contribution is -2.36. The van der Waals surface area contributed by atoms with Gasteiger partial charge in [0.2, 0.25) is 5.91 Å². The number of esters is 1. The Hall–Kier alpha value is -3.23. The molecule has 142 valence electrons. The fourth-order valence-electron chi connectivity index (χ4n) is 2.82. The number of rotatable bonds is 5. The van der Waals surface area contributed by atoms with Crippen molar-refractivity contribution in [2.45, 2.75) is 38.7 Å².